The average molecular weight is 278 g/mol. The smallest absolute Gasteiger partial charge is 0.258 e. The largest absolute Gasteiger partial charge is 0.483 e. The summed E-state index contributed by atoms with van der Waals surface area (Å²) < 4.78 is 5.23. The number of hydrogen-bond acceptors (Lipinski definition) is 4. The molecule has 2 amide bonds. The summed E-state index contributed by atoms with van der Waals surface area (Å²) in [5.41, 5.74) is 0.376. The topological polar surface area (TPSA) is 84.5 Å². The standard InChI is InChI=1S/C14H18N2O4/c1-2-7-15-13(18)8-16-14(19)10-20-12-6-4-3-5-11(12)9-17/h3-6,9H,2,7-8,10H2,1H3,(H,15,18)(H,16,19). The van der Waals surface area contributed by atoms with E-state index in [0.29, 0.717) is 24.1 Å². The van der Waals surface area contributed by atoms with Gasteiger partial charge in [0.1, 0.15) is 5.75 Å². The summed E-state index contributed by atoms with van der Waals surface area (Å²) >= 11 is 0. The van der Waals surface area contributed by atoms with Crippen molar-refractivity contribution in [3.63, 3.8) is 0 Å². The lowest BCUT2D eigenvalue weighted by Gasteiger charge is -2.09. The lowest BCUT2D eigenvalue weighted by Crippen LogP contribution is -2.39. The molecule has 0 atom stereocenters. The molecular formula is C14H18N2O4. The summed E-state index contributed by atoms with van der Waals surface area (Å²) in [6.07, 6.45) is 1.50. The van der Waals surface area contributed by atoms with Gasteiger partial charge in [-0.15, -0.1) is 0 Å². The molecule has 0 bridgehead atoms. The highest BCUT2D eigenvalue weighted by Crippen LogP contribution is 2.15. The number of amides is 2. The Hall–Kier alpha value is -2.37. The Kier molecular flexibility index (Phi) is 6.81. The summed E-state index contributed by atoms with van der Waals surface area (Å²) in [5, 5.41) is 5.07. The molecule has 6 nitrogen and oxygen atoms in total. The van der Waals surface area contributed by atoms with Crippen molar-refractivity contribution in [1.82, 2.24) is 10.6 Å². The van der Waals surface area contributed by atoms with Crippen LogP contribution in [0.25, 0.3) is 0 Å². The highest BCUT2D eigenvalue weighted by Gasteiger charge is 2.07. The molecule has 0 unspecified atom stereocenters. The lowest BCUT2D eigenvalue weighted by molar-refractivity contribution is -0.127. The number of para-hydroxylation sites is 1. The van der Waals surface area contributed by atoms with Gasteiger partial charge in [0.2, 0.25) is 5.91 Å². The number of hydrogen-bond donors (Lipinski definition) is 2. The SMILES string of the molecule is CCCNC(=O)CNC(=O)COc1ccccc1C=O. The Morgan fingerprint density at radius 2 is 1.95 bits per heavy atom. The molecule has 2 N–H and O–H groups in total. The Labute approximate surface area is 117 Å². The van der Waals surface area contributed by atoms with Crippen molar-refractivity contribution in [1.29, 1.82) is 0 Å². The minimum absolute atomic E-state index is 0.0858. The van der Waals surface area contributed by atoms with E-state index in [-0.39, 0.29) is 19.1 Å². The minimum atomic E-state index is -0.419. The maximum absolute atomic E-state index is 11.5. The molecule has 0 fully saturated rings. The minimum Gasteiger partial charge on any atom is -0.483 e. The van der Waals surface area contributed by atoms with Crippen LogP contribution >= 0.6 is 0 Å². The van der Waals surface area contributed by atoms with Crippen molar-refractivity contribution in [2.75, 3.05) is 19.7 Å². The van der Waals surface area contributed by atoms with E-state index < -0.39 is 5.91 Å². The van der Waals surface area contributed by atoms with Crippen LogP contribution in [0.5, 0.6) is 5.75 Å². The number of carbonyl (C=O) groups excluding carboxylic acids is 3. The van der Waals surface area contributed by atoms with Crippen LogP contribution in [-0.4, -0.2) is 37.8 Å². The highest BCUT2D eigenvalue weighted by atomic mass is 16.5. The van der Waals surface area contributed by atoms with Gasteiger partial charge in [-0.3, -0.25) is 14.4 Å². The third-order valence-electron chi connectivity index (χ3n) is 2.42. The van der Waals surface area contributed by atoms with Crippen LogP contribution in [0.2, 0.25) is 0 Å². The number of nitrogens with one attached hydrogen (secondary N) is 2. The summed E-state index contributed by atoms with van der Waals surface area (Å²) in [6, 6.07) is 6.61. The van der Waals surface area contributed by atoms with Crippen LogP contribution in [0.15, 0.2) is 24.3 Å². The van der Waals surface area contributed by atoms with E-state index in [4.69, 9.17) is 4.74 Å². The average Bonchev–Trinajstić information content (AvgIpc) is 2.48. The normalized spacial score (nSPS) is 9.65. The van der Waals surface area contributed by atoms with Crippen LogP contribution in [-0.2, 0) is 9.59 Å². The molecule has 1 aromatic carbocycles. The Balaban J connectivity index is 2.33. The van der Waals surface area contributed by atoms with Crippen LogP contribution in [0, 0.1) is 0 Å². The predicted octanol–water partition coefficient (Wildman–Crippen LogP) is 0.520. The van der Waals surface area contributed by atoms with Crippen LogP contribution < -0.4 is 15.4 Å². The molecule has 0 saturated carbocycles. The number of carbonyl (C=O) groups is 3. The maximum Gasteiger partial charge on any atom is 0.258 e. The first kappa shape index (κ1) is 15.7. The predicted molar refractivity (Wildman–Crippen MR) is 73.6 cm³/mol. The first-order chi connectivity index (χ1) is 9.67. The fraction of sp³-hybridized carbons (Fsp3) is 0.357. The quantitative estimate of drug-likeness (QED) is 0.679. The summed E-state index contributed by atoms with van der Waals surface area (Å²) in [6.45, 7) is 2.19. The van der Waals surface area contributed by atoms with Gasteiger partial charge in [0, 0.05) is 6.54 Å². The molecule has 1 aromatic rings. The lowest BCUT2D eigenvalue weighted by atomic mass is 10.2. The molecule has 0 aromatic heterocycles. The second-order valence-corrected chi connectivity index (χ2v) is 4.07. The van der Waals surface area contributed by atoms with Gasteiger partial charge in [0.25, 0.3) is 5.91 Å². The van der Waals surface area contributed by atoms with Gasteiger partial charge in [-0.25, -0.2) is 0 Å². The molecule has 0 heterocycles. The maximum atomic E-state index is 11.5. The summed E-state index contributed by atoms with van der Waals surface area (Å²) in [7, 11) is 0. The fourth-order valence-electron chi connectivity index (χ4n) is 1.41. The Morgan fingerprint density at radius 1 is 1.20 bits per heavy atom. The molecule has 0 saturated heterocycles. The van der Waals surface area contributed by atoms with Gasteiger partial charge in [0.15, 0.2) is 12.9 Å². The van der Waals surface area contributed by atoms with E-state index in [2.05, 4.69) is 10.6 Å². The molecule has 6 heteroatoms. The fourth-order valence-corrected chi connectivity index (χ4v) is 1.41. The van der Waals surface area contributed by atoms with E-state index >= 15 is 0 Å². The zero-order valence-electron chi connectivity index (χ0n) is 11.3. The third-order valence-corrected chi connectivity index (χ3v) is 2.42. The van der Waals surface area contributed by atoms with Gasteiger partial charge in [-0.05, 0) is 18.6 Å². The van der Waals surface area contributed by atoms with Crippen LogP contribution in [0.1, 0.15) is 23.7 Å². The molecule has 0 spiro atoms. The van der Waals surface area contributed by atoms with Gasteiger partial charge < -0.3 is 15.4 Å². The molecule has 1 rings (SSSR count). The van der Waals surface area contributed by atoms with Crippen molar-refractivity contribution in [2.45, 2.75) is 13.3 Å². The molecule has 0 aliphatic heterocycles. The molecule has 0 aliphatic carbocycles. The second-order valence-electron chi connectivity index (χ2n) is 4.07. The van der Waals surface area contributed by atoms with Gasteiger partial charge in [-0.1, -0.05) is 19.1 Å². The Morgan fingerprint density at radius 3 is 2.65 bits per heavy atom. The monoisotopic (exact) mass is 278 g/mol. The molecule has 0 radical (unpaired) electrons. The number of aldehydes is 1. The van der Waals surface area contributed by atoms with Gasteiger partial charge >= 0.3 is 0 Å². The number of ether oxygens (including phenoxy) is 1. The van der Waals surface area contributed by atoms with E-state index in [1.54, 1.807) is 24.3 Å². The second kappa shape index (κ2) is 8.68. The molecular weight excluding hydrogens is 260 g/mol. The number of benzene rings is 1. The van der Waals surface area contributed by atoms with Crippen LogP contribution in [0.4, 0.5) is 0 Å². The highest BCUT2D eigenvalue weighted by molar-refractivity contribution is 5.85. The number of rotatable bonds is 8. The summed E-state index contributed by atoms with van der Waals surface area (Å²) in [5.74, 6) is -0.320. The first-order valence-electron chi connectivity index (χ1n) is 6.37. The van der Waals surface area contributed by atoms with E-state index in [1.807, 2.05) is 6.92 Å². The van der Waals surface area contributed by atoms with Gasteiger partial charge in [-0.2, -0.15) is 0 Å². The van der Waals surface area contributed by atoms with Crippen LogP contribution in [0.3, 0.4) is 0 Å². The van der Waals surface area contributed by atoms with Crippen molar-refractivity contribution in [3.8, 4) is 5.75 Å². The molecule has 108 valence electrons. The zero-order chi connectivity index (χ0) is 14.8. The third kappa shape index (κ3) is 5.51. The zero-order valence-corrected chi connectivity index (χ0v) is 11.3. The van der Waals surface area contributed by atoms with Gasteiger partial charge in [0.05, 0.1) is 12.1 Å². The van der Waals surface area contributed by atoms with E-state index in [1.165, 1.54) is 0 Å². The van der Waals surface area contributed by atoms with Crippen molar-refractivity contribution in [2.24, 2.45) is 0 Å². The molecule has 0 aliphatic rings. The summed E-state index contributed by atoms with van der Waals surface area (Å²) in [4.78, 5) is 33.5. The van der Waals surface area contributed by atoms with Crippen molar-refractivity contribution >= 4 is 18.1 Å². The van der Waals surface area contributed by atoms with Crippen molar-refractivity contribution < 1.29 is 19.1 Å². The van der Waals surface area contributed by atoms with E-state index in [9.17, 15) is 14.4 Å². The molecule has 20 heavy (non-hydrogen) atoms. The van der Waals surface area contributed by atoms with Crippen molar-refractivity contribution in [3.05, 3.63) is 29.8 Å². The van der Waals surface area contributed by atoms with E-state index in [0.717, 1.165) is 6.42 Å². The Bertz CT molecular complexity index is 474. The first-order valence-corrected chi connectivity index (χ1v) is 6.37.